The van der Waals surface area contributed by atoms with E-state index in [9.17, 15) is 4.79 Å². The second kappa shape index (κ2) is 4.21. The lowest BCUT2D eigenvalue weighted by atomic mass is 10.2. The normalized spacial score (nSPS) is 12.8. The fourth-order valence-corrected chi connectivity index (χ4v) is 1.53. The van der Waals surface area contributed by atoms with Crippen molar-refractivity contribution in [3.05, 3.63) is 18.2 Å². The molecule has 13 heavy (non-hydrogen) atoms. The second-order valence-electron chi connectivity index (χ2n) is 3.36. The molecule has 3 nitrogen and oxygen atoms in total. The predicted octanol–water partition coefficient (Wildman–Crippen LogP) is 1.99. The van der Waals surface area contributed by atoms with Crippen molar-refractivity contribution in [3.63, 3.8) is 0 Å². The van der Waals surface area contributed by atoms with Crippen LogP contribution in [0.25, 0.3) is 0 Å². The van der Waals surface area contributed by atoms with E-state index in [1.165, 1.54) is 0 Å². The van der Waals surface area contributed by atoms with Gasteiger partial charge in [0.2, 0.25) is 0 Å². The first kappa shape index (κ1) is 9.96. The van der Waals surface area contributed by atoms with Gasteiger partial charge in [-0.1, -0.05) is 6.92 Å². The Balaban J connectivity index is 2.75. The number of aryl methyl sites for hydroxylation is 1. The third kappa shape index (κ3) is 2.41. The number of imidazole rings is 1. The van der Waals surface area contributed by atoms with Crippen molar-refractivity contribution in [2.45, 2.75) is 39.7 Å². The van der Waals surface area contributed by atoms with Crippen LogP contribution >= 0.6 is 0 Å². The van der Waals surface area contributed by atoms with E-state index in [2.05, 4.69) is 16.5 Å². The van der Waals surface area contributed by atoms with Crippen LogP contribution in [0.5, 0.6) is 0 Å². The Hall–Kier alpha value is -1.12. The second-order valence-corrected chi connectivity index (χ2v) is 3.36. The number of nitrogens with zero attached hydrogens (tertiary/aromatic N) is 2. The summed E-state index contributed by atoms with van der Waals surface area (Å²) in [5, 5.41) is 0. The van der Waals surface area contributed by atoms with Crippen LogP contribution in [0.3, 0.4) is 0 Å². The molecule has 72 valence electrons. The summed E-state index contributed by atoms with van der Waals surface area (Å²) in [6.45, 7) is 5.74. The molecule has 0 radical (unpaired) electrons. The number of ketones is 1. The van der Waals surface area contributed by atoms with E-state index in [-0.39, 0.29) is 11.8 Å². The maximum absolute atomic E-state index is 10.9. The zero-order chi connectivity index (χ0) is 9.84. The highest BCUT2D eigenvalue weighted by atomic mass is 16.1. The Morgan fingerprint density at radius 1 is 1.69 bits per heavy atom. The maximum Gasteiger partial charge on any atom is 0.131 e. The molecule has 0 aromatic carbocycles. The van der Waals surface area contributed by atoms with Crippen LogP contribution in [0.4, 0.5) is 0 Å². The average Bonchev–Trinajstić information content (AvgIpc) is 2.49. The third-order valence-electron chi connectivity index (χ3n) is 2.12. The molecule has 0 aliphatic rings. The van der Waals surface area contributed by atoms with Crippen molar-refractivity contribution in [2.75, 3.05) is 0 Å². The van der Waals surface area contributed by atoms with Crippen LogP contribution in [0.1, 0.15) is 39.1 Å². The molecule has 1 rings (SSSR count). The highest BCUT2D eigenvalue weighted by molar-refractivity contribution is 5.75. The van der Waals surface area contributed by atoms with Crippen LogP contribution < -0.4 is 0 Å². The molecular weight excluding hydrogens is 164 g/mol. The van der Waals surface area contributed by atoms with Gasteiger partial charge in [0.15, 0.2) is 0 Å². The standard InChI is InChI=1S/C10H16N2O/c1-4-10-11-5-6-12(10)8(2)7-9(3)13/h5-6,8H,4,7H2,1-3H3. The van der Waals surface area contributed by atoms with E-state index in [0.717, 1.165) is 12.2 Å². The number of hydrogen-bond acceptors (Lipinski definition) is 2. The Labute approximate surface area is 78.8 Å². The van der Waals surface area contributed by atoms with Crippen molar-refractivity contribution < 1.29 is 4.79 Å². The molecule has 0 saturated heterocycles. The molecule has 0 aliphatic heterocycles. The lowest BCUT2D eigenvalue weighted by molar-refractivity contribution is -0.117. The summed E-state index contributed by atoms with van der Waals surface area (Å²) in [6, 6.07) is 0.231. The van der Waals surface area contributed by atoms with E-state index in [0.29, 0.717) is 6.42 Å². The van der Waals surface area contributed by atoms with Crippen molar-refractivity contribution >= 4 is 5.78 Å². The molecule has 1 atom stereocenters. The number of hydrogen-bond donors (Lipinski definition) is 0. The van der Waals surface area contributed by atoms with Gasteiger partial charge in [0, 0.05) is 31.3 Å². The van der Waals surface area contributed by atoms with Gasteiger partial charge in [0.05, 0.1) is 0 Å². The van der Waals surface area contributed by atoms with Gasteiger partial charge in [-0.25, -0.2) is 4.98 Å². The van der Waals surface area contributed by atoms with Gasteiger partial charge < -0.3 is 4.57 Å². The number of carbonyl (C=O) groups excluding carboxylic acids is 1. The molecule has 0 spiro atoms. The zero-order valence-electron chi connectivity index (χ0n) is 8.45. The van der Waals surface area contributed by atoms with Crippen LogP contribution in [-0.2, 0) is 11.2 Å². The predicted molar refractivity (Wildman–Crippen MR) is 51.6 cm³/mol. The largest absolute Gasteiger partial charge is 0.332 e. The van der Waals surface area contributed by atoms with Gasteiger partial charge >= 0.3 is 0 Å². The summed E-state index contributed by atoms with van der Waals surface area (Å²) in [7, 11) is 0. The SMILES string of the molecule is CCc1nccn1C(C)CC(C)=O. The summed E-state index contributed by atoms with van der Waals surface area (Å²) < 4.78 is 2.07. The number of rotatable bonds is 4. The first-order valence-corrected chi connectivity index (χ1v) is 4.66. The Bertz CT molecular complexity index is 291. The smallest absolute Gasteiger partial charge is 0.131 e. The van der Waals surface area contributed by atoms with Crippen molar-refractivity contribution in [1.29, 1.82) is 0 Å². The minimum Gasteiger partial charge on any atom is -0.332 e. The summed E-state index contributed by atoms with van der Waals surface area (Å²) in [4.78, 5) is 15.1. The van der Waals surface area contributed by atoms with Crippen LogP contribution in [0.2, 0.25) is 0 Å². The molecule has 3 heteroatoms. The van der Waals surface area contributed by atoms with Gasteiger partial charge in [-0.3, -0.25) is 4.79 Å². The highest BCUT2D eigenvalue weighted by Gasteiger charge is 2.09. The third-order valence-corrected chi connectivity index (χ3v) is 2.12. The van der Waals surface area contributed by atoms with Crippen molar-refractivity contribution in [1.82, 2.24) is 9.55 Å². The average molecular weight is 180 g/mol. The fourth-order valence-electron chi connectivity index (χ4n) is 1.53. The fraction of sp³-hybridized carbons (Fsp3) is 0.600. The quantitative estimate of drug-likeness (QED) is 0.710. The molecule has 1 aromatic heterocycles. The maximum atomic E-state index is 10.9. The number of Topliss-reactive ketones (excluding diaryl/α,β-unsaturated/α-hetero) is 1. The highest BCUT2D eigenvalue weighted by Crippen LogP contribution is 2.13. The van der Waals surface area contributed by atoms with Crippen LogP contribution in [-0.4, -0.2) is 15.3 Å². The van der Waals surface area contributed by atoms with Crippen LogP contribution in [0.15, 0.2) is 12.4 Å². The molecule has 1 unspecified atom stereocenters. The van der Waals surface area contributed by atoms with Crippen molar-refractivity contribution in [2.24, 2.45) is 0 Å². The molecule has 0 N–H and O–H groups in total. The van der Waals surface area contributed by atoms with E-state index in [1.54, 1.807) is 13.1 Å². The summed E-state index contributed by atoms with van der Waals surface area (Å²) in [5.74, 6) is 1.28. The summed E-state index contributed by atoms with van der Waals surface area (Å²) in [5.41, 5.74) is 0. The Kier molecular flexibility index (Phi) is 3.23. The van der Waals surface area contributed by atoms with E-state index in [4.69, 9.17) is 0 Å². The number of aromatic nitrogens is 2. The molecular formula is C10H16N2O. The molecule has 0 saturated carbocycles. The zero-order valence-corrected chi connectivity index (χ0v) is 8.45. The molecule has 1 aromatic rings. The first-order valence-electron chi connectivity index (χ1n) is 4.66. The molecule has 1 heterocycles. The minimum atomic E-state index is 0.225. The Morgan fingerprint density at radius 3 is 2.92 bits per heavy atom. The molecule has 0 bridgehead atoms. The van der Waals surface area contributed by atoms with E-state index in [1.807, 2.05) is 13.1 Å². The van der Waals surface area contributed by atoms with E-state index >= 15 is 0 Å². The first-order chi connectivity index (χ1) is 6.15. The monoisotopic (exact) mass is 180 g/mol. The molecule has 0 aliphatic carbocycles. The van der Waals surface area contributed by atoms with Crippen molar-refractivity contribution in [3.8, 4) is 0 Å². The number of carbonyl (C=O) groups is 1. The van der Waals surface area contributed by atoms with E-state index < -0.39 is 0 Å². The molecule has 0 fully saturated rings. The Morgan fingerprint density at radius 2 is 2.38 bits per heavy atom. The minimum absolute atomic E-state index is 0.225. The van der Waals surface area contributed by atoms with Gasteiger partial charge in [0.1, 0.15) is 11.6 Å². The summed E-state index contributed by atoms with van der Waals surface area (Å²) >= 11 is 0. The van der Waals surface area contributed by atoms with Gasteiger partial charge in [-0.05, 0) is 13.8 Å². The van der Waals surface area contributed by atoms with Gasteiger partial charge in [0.25, 0.3) is 0 Å². The summed E-state index contributed by atoms with van der Waals surface area (Å²) in [6.07, 6.45) is 5.22. The lowest BCUT2D eigenvalue weighted by Gasteiger charge is -2.13. The van der Waals surface area contributed by atoms with Crippen LogP contribution in [0, 0.1) is 0 Å². The molecule has 0 amide bonds. The van der Waals surface area contributed by atoms with Gasteiger partial charge in [-0.2, -0.15) is 0 Å². The topological polar surface area (TPSA) is 34.9 Å². The van der Waals surface area contributed by atoms with Gasteiger partial charge in [-0.15, -0.1) is 0 Å². The lowest BCUT2D eigenvalue weighted by Crippen LogP contribution is -2.11.